The lowest BCUT2D eigenvalue weighted by atomic mass is 10.2. The van der Waals surface area contributed by atoms with Crippen molar-refractivity contribution in [1.82, 2.24) is 14.9 Å². The Kier molecular flexibility index (Phi) is 2.63. The summed E-state index contributed by atoms with van der Waals surface area (Å²) in [5, 5.41) is 0. The average molecular weight is 192 g/mol. The Morgan fingerprint density at radius 3 is 2.64 bits per heavy atom. The summed E-state index contributed by atoms with van der Waals surface area (Å²) in [5.74, 6) is 0.858. The maximum atomic E-state index is 4.25. The van der Waals surface area contributed by atoms with Crippen molar-refractivity contribution < 1.29 is 0 Å². The van der Waals surface area contributed by atoms with Crippen molar-refractivity contribution in [3.05, 3.63) is 18.5 Å². The van der Waals surface area contributed by atoms with E-state index in [0.29, 0.717) is 6.04 Å². The number of likely N-dealkylation sites (N-methyl/N-ethyl adjacent to an activating group) is 1. The van der Waals surface area contributed by atoms with Gasteiger partial charge in [-0.3, -0.25) is 0 Å². The highest BCUT2D eigenvalue weighted by Gasteiger charge is 2.25. The molecule has 1 aromatic rings. The molecule has 0 aromatic carbocycles. The summed E-state index contributed by atoms with van der Waals surface area (Å²) in [7, 11) is 4.25. The summed E-state index contributed by atoms with van der Waals surface area (Å²) in [6.07, 6.45) is 4.79. The number of hydrogen-bond donors (Lipinski definition) is 0. The summed E-state index contributed by atoms with van der Waals surface area (Å²) < 4.78 is 0. The lowest BCUT2D eigenvalue weighted by Crippen LogP contribution is -2.31. The molecular weight excluding hydrogens is 176 g/mol. The minimum atomic E-state index is 0.638. The van der Waals surface area contributed by atoms with Gasteiger partial charge in [-0.25, -0.2) is 9.97 Å². The third-order valence-electron chi connectivity index (χ3n) is 2.73. The van der Waals surface area contributed by atoms with E-state index in [0.717, 1.165) is 19.0 Å². The van der Waals surface area contributed by atoms with Crippen molar-refractivity contribution in [2.24, 2.45) is 0 Å². The zero-order valence-electron chi connectivity index (χ0n) is 8.72. The molecule has 0 unspecified atom stereocenters. The van der Waals surface area contributed by atoms with Crippen molar-refractivity contribution in [3.8, 4) is 0 Å². The molecule has 2 rings (SSSR count). The minimum Gasteiger partial charge on any atom is -0.339 e. The zero-order valence-corrected chi connectivity index (χ0v) is 8.72. The molecule has 4 heteroatoms. The molecule has 4 nitrogen and oxygen atoms in total. The highest BCUT2D eigenvalue weighted by atomic mass is 15.3. The number of rotatable bonds is 2. The van der Waals surface area contributed by atoms with Gasteiger partial charge in [-0.2, -0.15) is 0 Å². The average Bonchev–Trinajstić information content (AvgIpc) is 2.68. The third-order valence-corrected chi connectivity index (χ3v) is 2.73. The van der Waals surface area contributed by atoms with Crippen molar-refractivity contribution in [1.29, 1.82) is 0 Å². The molecule has 1 aromatic heterocycles. The largest absolute Gasteiger partial charge is 0.339 e. The van der Waals surface area contributed by atoms with E-state index in [1.807, 2.05) is 6.07 Å². The van der Waals surface area contributed by atoms with Crippen molar-refractivity contribution in [2.45, 2.75) is 12.5 Å². The molecule has 1 aliphatic heterocycles. The molecule has 76 valence electrons. The first-order valence-corrected chi connectivity index (χ1v) is 4.96. The second-order valence-electron chi connectivity index (χ2n) is 3.90. The monoisotopic (exact) mass is 192 g/mol. The lowest BCUT2D eigenvalue weighted by molar-refractivity contribution is 0.315. The van der Waals surface area contributed by atoms with Gasteiger partial charge in [0.15, 0.2) is 0 Å². The van der Waals surface area contributed by atoms with Crippen LogP contribution in [0.5, 0.6) is 0 Å². The molecule has 0 bridgehead atoms. The van der Waals surface area contributed by atoms with E-state index in [-0.39, 0.29) is 0 Å². The van der Waals surface area contributed by atoms with Crippen LogP contribution in [0.1, 0.15) is 6.42 Å². The van der Waals surface area contributed by atoms with E-state index in [9.17, 15) is 0 Å². The Labute approximate surface area is 84.6 Å². The summed E-state index contributed by atoms with van der Waals surface area (Å²) in [5.41, 5.74) is 0. The molecule has 0 amide bonds. The van der Waals surface area contributed by atoms with E-state index >= 15 is 0 Å². The van der Waals surface area contributed by atoms with E-state index in [4.69, 9.17) is 0 Å². The molecule has 0 aliphatic carbocycles. The number of aromatic nitrogens is 2. The van der Waals surface area contributed by atoms with Crippen LogP contribution in [-0.2, 0) is 0 Å². The van der Waals surface area contributed by atoms with Gasteiger partial charge in [0.05, 0.1) is 0 Å². The Balaban J connectivity index is 2.03. The van der Waals surface area contributed by atoms with Crippen LogP contribution in [0.2, 0.25) is 0 Å². The van der Waals surface area contributed by atoms with Gasteiger partial charge < -0.3 is 9.80 Å². The van der Waals surface area contributed by atoms with Crippen molar-refractivity contribution >= 4 is 5.95 Å². The Hall–Kier alpha value is -1.16. The number of hydrogen-bond acceptors (Lipinski definition) is 4. The fourth-order valence-electron chi connectivity index (χ4n) is 1.80. The molecule has 0 spiro atoms. The van der Waals surface area contributed by atoms with E-state index < -0.39 is 0 Å². The molecule has 0 saturated carbocycles. The highest BCUT2D eigenvalue weighted by molar-refractivity contribution is 5.30. The molecule has 1 fully saturated rings. The van der Waals surface area contributed by atoms with E-state index in [2.05, 4.69) is 33.9 Å². The van der Waals surface area contributed by atoms with Crippen molar-refractivity contribution in [3.63, 3.8) is 0 Å². The van der Waals surface area contributed by atoms with Gasteiger partial charge in [-0.15, -0.1) is 0 Å². The van der Waals surface area contributed by atoms with Gasteiger partial charge in [-0.1, -0.05) is 0 Å². The first-order chi connectivity index (χ1) is 6.77. The maximum Gasteiger partial charge on any atom is 0.225 e. The maximum absolute atomic E-state index is 4.25. The highest BCUT2D eigenvalue weighted by Crippen LogP contribution is 2.17. The molecule has 0 radical (unpaired) electrons. The topological polar surface area (TPSA) is 32.3 Å². The first kappa shape index (κ1) is 9.40. The van der Waals surface area contributed by atoms with Crippen LogP contribution < -0.4 is 4.90 Å². The van der Waals surface area contributed by atoms with Crippen LogP contribution in [0.15, 0.2) is 18.5 Å². The number of nitrogens with zero attached hydrogens (tertiary/aromatic N) is 4. The van der Waals surface area contributed by atoms with Crippen LogP contribution >= 0.6 is 0 Å². The Morgan fingerprint density at radius 2 is 2.07 bits per heavy atom. The third kappa shape index (κ3) is 1.85. The molecular formula is C10H16N4. The lowest BCUT2D eigenvalue weighted by Gasteiger charge is -2.20. The van der Waals surface area contributed by atoms with Gasteiger partial charge in [0.1, 0.15) is 0 Å². The molecule has 2 heterocycles. The molecule has 1 aliphatic rings. The van der Waals surface area contributed by atoms with Crippen LogP contribution in [0, 0.1) is 0 Å². The molecule has 14 heavy (non-hydrogen) atoms. The SMILES string of the molecule is CN(C)[C@@H]1CCN(c2ncccn2)C1. The first-order valence-electron chi connectivity index (χ1n) is 4.96. The second-order valence-corrected chi connectivity index (χ2v) is 3.90. The molecule has 1 saturated heterocycles. The summed E-state index contributed by atoms with van der Waals surface area (Å²) in [6, 6.07) is 2.49. The van der Waals surface area contributed by atoms with Gasteiger partial charge >= 0.3 is 0 Å². The van der Waals surface area contributed by atoms with Crippen molar-refractivity contribution in [2.75, 3.05) is 32.1 Å². The normalized spacial score (nSPS) is 21.9. The summed E-state index contributed by atoms with van der Waals surface area (Å²) >= 11 is 0. The van der Waals surface area contributed by atoms with Gasteiger partial charge in [-0.05, 0) is 26.6 Å². The fourth-order valence-corrected chi connectivity index (χ4v) is 1.80. The van der Waals surface area contributed by atoms with Gasteiger partial charge in [0, 0.05) is 31.5 Å². The van der Waals surface area contributed by atoms with Crippen LogP contribution in [-0.4, -0.2) is 48.1 Å². The molecule has 0 N–H and O–H groups in total. The Morgan fingerprint density at radius 1 is 1.36 bits per heavy atom. The van der Waals surface area contributed by atoms with Gasteiger partial charge in [0.25, 0.3) is 0 Å². The van der Waals surface area contributed by atoms with Crippen LogP contribution in [0.25, 0.3) is 0 Å². The standard InChI is InChI=1S/C10H16N4/c1-13(2)9-4-7-14(8-9)10-11-5-3-6-12-10/h3,5-6,9H,4,7-8H2,1-2H3/t9-/m1/s1. The van der Waals surface area contributed by atoms with E-state index in [1.165, 1.54) is 6.42 Å². The fraction of sp³-hybridized carbons (Fsp3) is 0.600. The predicted molar refractivity (Wildman–Crippen MR) is 56.3 cm³/mol. The summed E-state index contributed by atoms with van der Waals surface area (Å²) in [4.78, 5) is 13.0. The van der Waals surface area contributed by atoms with Crippen LogP contribution in [0.3, 0.4) is 0 Å². The van der Waals surface area contributed by atoms with E-state index in [1.54, 1.807) is 12.4 Å². The number of anilines is 1. The predicted octanol–water partition coefficient (Wildman–Crippen LogP) is 0.617. The Bertz CT molecular complexity index is 285. The zero-order chi connectivity index (χ0) is 9.97. The smallest absolute Gasteiger partial charge is 0.225 e. The summed E-state index contributed by atoms with van der Waals surface area (Å²) in [6.45, 7) is 2.10. The van der Waals surface area contributed by atoms with Crippen LogP contribution in [0.4, 0.5) is 5.95 Å². The minimum absolute atomic E-state index is 0.638. The second kappa shape index (κ2) is 3.92. The van der Waals surface area contributed by atoms with Gasteiger partial charge in [0.2, 0.25) is 5.95 Å². The quantitative estimate of drug-likeness (QED) is 0.687. The molecule has 1 atom stereocenters.